The van der Waals surface area contributed by atoms with E-state index in [0.717, 1.165) is 0 Å². The molecule has 96 valence electrons. The second-order valence-electron chi connectivity index (χ2n) is 3.90. The molecule has 6 heteroatoms. The minimum absolute atomic E-state index is 0.0471. The second-order valence-corrected chi connectivity index (χ2v) is 5.75. The number of rotatable bonds is 6. The van der Waals surface area contributed by atoms with Crippen molar-refractivity contribution >= 4 is 15.7 Å². The Morgan fingerprint density at radius 1 is 1.41 bits per heavy atom. The van der Waals surface area contributed by atoms with Crippen LogP contribution in [0.4, 0.5) is 5.69 Å². The first kappa shape index (κ1) is 13.8. The highest BCUT2D eigenvalue weighted by Gasteiger charge is 2.09. The van der Waals surface area contributed by atoms with Crippen LogP contribution in [0, 0.1) is 0 Å². The first-order chi connectivity index (χ1) is 7.93. The van der Waals surface area contributed by atoms with Crippen molar-refractivity contribution in [2.75, 3.05) is 17.0 Å². The third-order valence-electron chi connectivity index (χ3n) is 1.87. The topological polar surface area (TPSA) is 81.4 Å². The number of nitrogens with two attached hydrogens (primary N) is 1. The lowest BCUT2D eigenvalue weighted by atomic mass is 10.3. The van der Waals surface area contributed by atoms with Crippen molar-refractivity contribution in [2.24, 2.45) is 5.73 Å². The molecule has 1 rings (SSSR count). The van der Waals surface area contributed by atoms with Gasteiger partial charge in [0.25, 0.3) is 0 Å². The monoisotopic (exact) mass is 258 g/mol. The number of ether oxygens (including phenoxy) is 1. The lowest BCUT2D eigenvalue weighted by Gasteiger charge is -2.12. The molecular formula is C11H18N2O3S. The molecule has 0 radical (unpaired) electrons. The Morgan fingerprint density at radius 2 is 2.12 bits per heavy atom. The molecule has 0 atom stereocenters. The molecule has 0 spiro atoms. The molecule has 17 heavy (non-hydrogen) atoms. The molecule has 0 bridgehead atoms. The summed E-state index contributed by atoms with van der Waals surface area (Å²) in [6, 6.07) is 6.83. The molecule has 0 heterocycles. The highest BCUT2D eigenvalue weighted by molar-refractivity contribution is 7.92. The van der Waals surface area contributed by atoms with Gasteiger partial charge in [-0.1, -0.05) is 6.07 Å². The zero-order chi connectivity index (χ0) is 12.9. The Bertz CT molecular complexity index is 458. The van der Waals surface area contributed by atoms with Gasteiger partial charge in [-0.25, -0.2) is 8.42 Å². The minimum atomic E-state index is -3.36. The van der Waals surface area contributed by atoms with E-state index in [4.69, 9.17) is 10.5 Å². The van der Waals surface area contributed by atoms with Crippen LogP contribution in [0.3, 0.4) is 0 Å². The molecule has 0 amide bonds. The van der Waals surface area contributed by atoms with Gasteiger partial charge in [-0.2, -0.15) is 0 Å². The lowest BCUT2D eigenvalue weighted by Crippen LogP contribution is -2.22. The predicted octanol–water partition coefficient (Wildman–Crippen LogP) is 1.17. The molecule has 1 aromatic carbocycles. The first-order valence-electron chi connectivity index (χ1n) is 5.40. The third-order valence-corrected chi connectivity index (χ3v) is 3.19. The summed E-state index contributed by atoms with van der Waals surface area (Å²) in [5.74, 6) is 0.537. The van der Waals surface area contributed by atoms with Gasteiger partial charge in [0.2, 0.25) is 10.0 Å². The average Bonchev–Trinajstić information content (AvgIpc) is 2.15. The van der Waals surface area contributed by atoms with Crippen LogP contribution in [0.5, 0.6) is 5.75 Å². The van der Waals surface area contributed by atoms with Crippen molar-refractivity contribution in [3.8, 4) is 5.75 Å². The molecule has 0 saturated heterocycles. The Balaban J connectivity index is 2.79. The summed E-state index contributed by atoms with van der Waals surface area (Å²) in [5.41, 5.74) is 5.70. The summed E-state index contributed by atoms with van der Waals surface area (Å²) < 4.78 is 30.9. The first-order valence-corrected chi connectivity index (χ1v) is 7.05. The van der Waals surface area contributed by atoms with Crippen LogP contribution in [0.1, 0.15) is 13.8 Å². The molecule has 0 unspecified atom stereocenters. The normalized spacial score (nSPS) is 11.5. The quantitative estimate of drug-likeness (QED) is 0.802. The zero-order valence-corrected chi connectivity index (χ0v) is 10.8. The minimum Gasteiger partial charge on any atom is -0.491 e. The maximum atomic E-state index is 11.5. The van der Waals surface area contributed by atoms with Crippen LogP contribution in [0.15, 0.2) is 24.3 Å². The number of hydrogen-bond acceptors (Lipinski definition) is 4. The van der Waals surface area contributed by atoms with E-state index < -0.39 is 10.0 Å². The van der Waals surface area contributed by atoms with Gasteiger partial charge in [-0.15, -0.1) is 0 Å². The largest absolute Gasteiger partial charge is 0.491 e. The van der Waals surface area contributed by atoms with Gasteiger partial charge < -0.3 is 10.5 Å². The van der Waals surface area contributed by atoms with Crippen molar-refractivity contribution in [3.05, 3.63) is 24.3 Å². The number of nitrogens with one attached hydrogen (secondary N) is 1. The molecule has 0 aliphatic carbocycles. The van der Waals surface area contributed by atoms with Crippen LogP contribution in [-0.2, 0) is 10.0 Å². The van der Waals surface area contributed by atoms with E-state index in [-0.39, 0.29) is 18.4 Å². The molecule has 1 aromatic rings. The molecule has 5 nitrogen and oxygen atoms in total. The summed E-state index contributed by atoms with van der Waals surface area (Å²) in [6.45, 7) is 3.91. The smallest absolute Gasteiger partial charge is 0.233 e. The SMILES string of the molecule is CC(C)Oc1cccc(NS(=O)(=O)CCN)c1. The van der Waals surface area contributed by atoms with Gasteiger partial charge in [-0.05, 0) is 26.0 Å². The zero-order valence-electron chi connectivity index (χ0n) is 10.0. The fourth-order valence-corrected chi connectivity index (χ4v) is 2.19. The molecule has 0 aliphatic rings. The maximum absolute atomic E-state index is 11.5. The Hall–Kier alpha value is -1.27. The molecule has 0 aromatic heterocycles. The van der Waals surface area contributed by atoms with Gasteiger partial charge in [0.15, 0.2) is 0 Å². The number of anilines is 1. The van der Waals surface area contributed by atoms with E-state index in [9.17, 15) is 8.42 Å². The van der Waals surface area contributed by atoms with Crippen molar-refractivity contribution in [3.63, 3.8) is 0 Å². The third kappa shape index (κ3) is 5.06. The van der Waals surface area contributed by atoms with E-state index in [2.05, 4.69) is 4.72 Å². The molecule has 0 saturated carbocycles. The summed E-state index contributed by atoms with van der Waals surface area (Å²) >= 11 is 0. The summed E-state index contributed by atoms with van der Waals surface area (Å²) in [7, 11) is -3.36. The average molecular weight is 258 g/mol. The Labute approximate surface area is 102 Å². The maximum Gasteiger partial charge on any atom is 0.233 e. The van der Waals surface area contributed by atoms with Crippen molar-refractivity contribution < 1.29 is 13.2 Å². The van der Waals surface area contributed by atoms with Gasteiger partial charge in [0.1, 0.15) is 5.75 Å². The molecular weight excluding hydrogens is 240 g/mol. The van der Waals surface area contributed by atoms with Crippen molar-refractivity contribution in [1.29, 1.82) is 0 Å². The van der Waals surface area contributed by atoms with Gasteiger partial charge >= 0.3 is 0 Å². The van der Waals surface area contributed by atoms with Crippen LogP contribution >= 0.6 is 0 Å². The Morgan fingerprint density at radius 3 is 2.71 bits per heavy atom. The Kier molecular flexibility index (Phi) is 4.77. The number of sulfonamides is 1. The van der Waals surface area contributed by atoms with Crippen LogP contribution in [0.25, 0.3) is 0 Å². The molecule has 0 aliphatic heterocycles. The van der Waals surface area contributed by atoms with Gasteiger partial charge in [0, 0.05) is 12.6 Å². The van der Waals surface area contributed by atoms with Gasteiger partial charge in [0.05, 0.1) is 17.5 Å². The summed E-state index contributed by atoms with van der Waals surface area (Å²) in [5, 5.41) is 0. The van der Waals surface area contributed by atoms with E-state index in [1.165, 1.54) is 0 Å². The second kappa shape index (κ2) is 5.88. The highest BCUT2D eigenvalue weighted by Crippen LogP contribution is 2.19. The molecule has 0 fully saturated rings. The number of hydrogen-bond donors (Lipinski definition) is 2. The van der Waals surface area contributed by atoms with E-state index in [1.807, 2.05) is 13.8 Å². The standard InChI is InChI=1S/C11H18N2O3S/c1-9(2)16-11-5-3-4-10(8-11)13-17(14,15)7-6-12/h3-5,8-9,13H,6-7,12H2,1-2H3. The van der Waals surface area contributed by atoms with Gasteiger partial charge in [-0.3, -0.25) is 4.72 Å². The molecule has 3 N–H and O–H groups in total. The fourth-order valence-electron chi connectivity index (χ4n) is 1.29. The van der Waals surface area contributed by atoms with Crippen LogP contribution in [-0.4, -0.2) is 26.8 Å². The van der Waals surface area contributed by atoms with Crippen molar-refractivity contribution in [2.45, 2.75) is 20.0 Å². The predicted molar refractivity (Wildman–Crippen MR) is 68.7 cm³/mol. The van der Waals surface area contributed by atoms with Crippen LogP contribution in [0.2, 0.25) is 0 Å². The van der Waals surface area contributed by atoms with E-state index in [1.54, 1.807) is 24.3 Å². The fraction of sp³-hybridized carbons (Fsp3) is 0.455. The summed E-state index contributed by atoms with van der Waals surface area (Å²) in [6.07, 6.45) is 0.0471. The van der Waals surface area contributed by atoms with E-state index in [0.29, 0.717) is 11.4 Å². The highest BCUT2D eigenvalue weighted by atomic mass is 32.2. The number of benzene rings is 1. The van der Waals surface area contributed by atoms with E-state index >= 15 is 0 Å². The van der Waals surface area contributed by atoms with Crippen LogP contribution < -0.4 is 15.2 Å². The van der Waals surface area contributed by atoms with Crippen molar-refractivity contribution in [1.82, 2.24) is 0 Å². The lowest BCUT2D eigenvalue weighted by molar-refractivity contribution is 0.242. The summed E-state index contributed by atoms with van der Waals surface area (Å²) in [4.78, 5) is 0.